The first-order valence-corrected chi connectivity index (χ1v) is 7.69. The molecule has 2 unspecified atom stereocenters. The van der Waals surface area contributed by atoms with Crippen molar-refractivity contribution in [1.29, 1.82) is 0 Å². The Morgan fingerprint density at radius 2 is 2.16 bits per heavy atom. The fourth-order valence-electron chi connectivity index (χ4n) is 3.33. The average molecular weight is 261 g/mol. The van der Waals surface area contributed by atoms with E-state index >= 15 is 0 Å². The third kappa shape index (κ3) is 3.80. The van der Waals surface area contributed by atoms with Crippen molar-refractivity contribution in [2.45, 2.75) is 45.1 Å². The lowest BCUT2D eigenvalue weighted by atomic mass is 9.87. The molecule has 0 bridgehead atoms. The molecule has 1 aliphatic rings. The number of hydrogen-bond acceptors (Lipinski definition) is 2. The minimum absolute atomic E-state index is 0.514. The van der Waals surface area contributed by atoms with Gasteiger partial charge < -0.3 is 10.1 Å². The number of benzene rings is 1. The van der Waals surface area contributed by atoms with Gasteiger partial charge in [-0.1, -0.05) is 24.3 Å². The molecule has 1 aromatic carbocycles. The van der Waals surface area contributed by atoms with Gasteiger partial charge in [-0.15, -0.1) is 0 Å². The molecule has 0 fully saturated rings. The zero-order valence-corrected chi connectivity index (χ0v) is 12.3. The molecule has 1 aliphatic carbocycles. The standard InChI is InChI=1S/C17H27NO/c1-3-19-13-7-11-15-10-6-9-14-8-4-5-12-16(14)17(15)18-2/h4-5,8,12,15,17-18H,3,6-7,9-11,13H2,1-2H3. The van der Waals surface area contributed by atoms with Crippen LogP contribution in [0.3, 0.4) is 0 Å². The Kier molecular flexibility index (Phi) is 5.87. The fourth-order valence-corrected chi connectivity index (χ4v) is 3.33. The minimum Gasteiger partial charge on any atom is -0.382 e. The molecule has 2 heteroatoms. The molecule has 0 heterocycles. The third-order valence-corrected chi connectivity index (χ3v) is 4.26. The van der Waals surface area contributed by atoms with Gasteiger partial charge in [-0.25, -0.2) is 0 Å². The summed E-state index contributed by atoms with van der Waals surface area (Å²) in [4.78, 5) is 0. The van der Waals surface area contributed by atoms with E-state index in [9.17, 15) is 0 Å². The van der Waals surface area contributed by atoms with Crippen LogP contribution < -0.4 is 5.32 Å². The molecule has 2 rings (SSSR count). The highest BCUT2D eigenvalue weighted by Crippen LogP contribution is 2.35. The second-order valence-electron chi connectivity index (χ2n) is 5.46. The van der Waals surface area contributed by atoms with Gasteiger partial charge >= 0.3 is 0 Å². The van der Waals surface area contributed by atoms with Gasteiger partial charge in [0, 0.05) is 19.3 Å². The van der Waals surface area contributed by atoms with E-state index in [1.165, 1.54) is 43.2 Å². The summed E-state index contributed by atoms with van der Waals surface area (Å²) in [5.41, 5.74) is 3.05. The van der Waals surface area contributed by atoms with Gasteiger partial charge in [-0.3, -0.25) is 0 Å². The van der Waals surface area contributed by atoms with Crippen molar-refractivity contribution in [1.82, 2.24) is 5.32 Å². The minimum atomic E-state index is 0.514. The first-order valence-electron chi connectivity index (χ1n) is 7.69. The zero-order valence-electron chi connectivity index (χ0n) is 12.3. The average Bonchev–Trinajstić information content (AvgIpc) is 2.62. The molecule has 0 spiro atoms. The van der Waals surface area contributed by atoms with Crippen molar-refractivity contribution in [3.05, 3.63) is 35.4 Å². The molecule has 0 saturated heterocycles. The van der Waals surface area contributed by atoms with E-state index < -0.39 is 0 Å². The molecule has 19 heavy (non-hydrogen) atoms. The maximum atomic E-state index is 5.47. The number of aryl methyl sites for hydroxylation is 1. The highest BCUT2D eigenvalue weighted by Gasteiger charge is 2.25. The van der Waals surface area contributed by atoms with E-state index in [4.69, 9.17) is 4.74 Å². The first kappa shape index (κ1) is 14.5. The second-order valence-corrected chi connectivity index (χ2v) is 5.46. The van der Waals surface area contributed by atoms with Crippen molar-refractivity contribution in [2.24, 2.45) is 5.92 Å². The molecule has 0 aromatic heterocycles. The maximum Gasteiger partial charge on any atom is 0.0466 e. The van der Waals surface area contributed by atoms with Crippen LogP contribution in [0.5, 0.6) is 0 Å². The quantitative estimate of drug-likeness (QED) is 0.622. The number of fused-ring (bicyclic) bond motifs is 1. The summed E-state index contributed by atoms with van der Waals surface area (Å²) in [6, 6.07) is 9.45. The summed E-state index contributed by atoms with van der Waals surface area (Å²) >= 11 is 0. The number of hydrogen-bond donors (Lipinski definition) is 1. The van der Waals surface area contributed by atoms with Gasteiger partial charge in [0.05, 0.1) is 0 Å². The van der Waals surface area contributed by atoms with Crippen LogP contribution in [0, 0.1) is 5.92 Å². The molecule has 0 saturated carbocycles. The lowest BCUT2D eigenvalue weighted by Gasteiger charge is -2.26. The predicted octanol–water partition coefficient (Wildman–Crippen LogP) is 3.72. The van der Waals surface area contributed by atoms with Crippen LogP contribution in [0.4, 0.5) is 0 Å². The van der Waals surface area contributed by atoms with E-state index in [0.29, 0.717) is 6.04 Å². The highest BCUT2D eigenvalue weighted by molar-refractivity contribution is 5.31. The van der Waals surface area contributed by atoms with Crippen LogP contribution in [0.15, 0.2) is 24.3 Å². The molecule has 0 amide bonds. The summed E-state index contributed by atoms with van der Waals surface area (Å²) in [6.07, 6.45) is 6.32. The SMILES string of the molecule is CCOCCCC1CCCc2ccccc2C1NC. The molecule has 2 nitrogen and oxygen atoms in total. The highest BCUT2D eigenvalue weighted by atomic mass is 16.5. The van der Waals surface area contributed by atoms with Crippen LogP contribution in [0.1, 0.15) is 49.8 Å². The van der Waals surface area contributed by atoms with Crippen molar-refractivity contribution < 1.29 is 4.74 Å². The molecule has 0 radical (unpaired) electrons. The largest absolute Gasteiger partial charge is 0.382 e. The van der Waals surface area contributed by atoms with Crippen molar-refractivity contribution in [3.8, 4) is 0 Å². The monoisotopic (exact) mass is 261 g/mol. The molecule has 0 aliphatic heterocycles. The molecule has 1 N–H and O–H groups in total. The summed E-state index contributed by atoms with van der Waals surface area (Å²) in [6.45, 7) is 3.81. The Hall–Kier alpha value is -0.860. The van der Waals surface area contributed by atoms with Gasteiger partial charge in [0.2, 0.25) is 0 Å². The summed E-state index contributed by atoms with van der Waals surface area (Å²) in [5.74, 6) is 0.745. The topological polar surface area (TPSA) is 21.3 Å². The molecule has 1 aromatic rings. The van der Waals surface area contributed by atoms with E-state index in [-0.39, 0.29) is 0 Å². The molecule has 2 atom stereocenters. The Morgan fingerprint density at radius 1 is 1.32 bits per heavy atom. The van der Waals surface area contributed by atoms with Crippen molar-refractivity contribution in [2.75, 3.05) is 20.3 Å². The third-order valence-electron chi connectivity index (χ3n) is 4.26. The smallest absolute Gasteiger partial charge is 0.0466 e. The molecule has 106 valence electrons. The lowest BCUT2D eigenvalue weighted by molar-refractivity contribution is 0.136. The lowest BCUT2D eigenvalue weighted by Crippen LogP contribution is -2.25. The van der Waals surface area contributed by atoms with Gasteiger partial charge in [0.25, 0.3) is 0 Å². The van der Waals surface area contributed by atoms with Gasteiger partial charge in [-0.2, -0.15) is 0 Å². The first-order chi connectivity index (χ1) is 9.36. The summed E-state index contributed by atoms with van der Waals surface area (Å²) in [7, 11) is 2.10. The number of ether oxygens (including phenoxy) is 1. The number of rotatable bonds is 6. The molecular weight excluding hydrogens is 234 g/mol. The maximum absolute atomic E-state index is 5.47. The van der Waals surface area contributed by atoms with Gasteiger partial charge in [-0.05, 0) is 63.1 Å². The summed E-state index contributed by atoms with van der Waals surface area (Å²) in [5, 5.41) is 3.55. The fraction of sp³-hybridized carbons (Fsp3) is 0.647. The predicted molar refractivity (Wildman–Crippen MR) is 80.4 cm³/mol. The normalized spacial score (nSPS) is 22.8. The van der Waals surface area contributed by atoms with E-state index in [1.54, 1.807) is 0 Å². The van der Waals surface area contributed by atoms with E-state index in [0.717, 1.165) is 19.1 Å². The van der Waals surface area contributed by atoms with E-state index in [2.05, 4.69) is 43.6 Å². The Bertz CT molecular complexity index is 377. The van der Waals surface area contributed by atoms with Crippen molar-refractivity contribution in [3.63, 3.8) is 0 Å². The Labute approximate surface area is 117 Å². The zero-order chi connectivity index (χ0) is 13.5. The number of nitrogens with one attached hydrogen (secondary N) is 1. The van der Waals surface area contributed by atoms with Crippen LogP contribution in [0.2, 0.25) is 0 Å². The van der Waals surface area contributed by atoms with Crippen molar-refractivity contribution >= 4 is 0 Å². The summed E-state index contributed by atoms with van der Waals surface area (Å²) < 4.78 is 5.47. The van der Waals surface area contributed by atoms with Gasteiger partial charge in [0.15, 0.2) is 0 Å². The van der Waals surface area contributed by atoms with Crippen LogP contribution in [0.25, 0.3) is 0 Å². The van der Waals surface area contributed by atoms with E-state index in [1.807, 2.05) is 0 Å². The van der Waals surface area contributed by atoms with Gasteiger partial charge in [0.1, 0.15) is 0 Å². The molecular formula is C17H27NO. The second kappa shape index (κ2) is 7.66. The van der Waals surface area contributed by atoms with Crippen LogP contribution in [-0.2, 0) is 11.2 Å². The van der Waals surface area contributed by atoms with Crippen LogP contribution in [-0.4, -0.2) is 20.3 Å². The van der Waals surface area contributed by atoms with Crippen LogP contribution >= 0.6 is 0 Å². The Balaban J connectivity index is 2.03. The Morgan fingerprint density at radius 3 is 2.95 bits per heavy atom.